The molecule has 1 unspecified atom stereocenters. The van der Waals surface area contributed by atoms with E-state index in [1.165, 1.54) is 39.2 Å². The molecule has 0 aliphatic carbocycles. The first-order valence-corrected chi connectivity index (χ1v) is 10.6. The van der Waals surface area contributed by atoms with Crippen molar-refractivity contribution in [3.05, 3.63) is 0 Å². The van der Waals surface area contributed by atoms with E-state index in [2.05, 4.69) is 11.7 Å². The van der Waals surface area contributed by atoms with Crippen molar-refractivity contribution in [3.8, 4) is 0 Å². The van der Waals surface area contributed by atoms with E-state index < -0.39 is 14.5 Å². The van der Waals surface area contributed by atoms with Gasteiger partial charge in [0.1, 0.15) is 0 Å². The van der Waals surface area contributed by atoms with Crippen LogP contribution in [0.15, 0.2) is 0 Å². The average molecular weight is 381 g/mol. The number of ether oxygens (including phenoxy) is 1. The first kappa shape index (κ1) is 19.8. The van der Waals surface area contributed by atoms with Gasteiger partial charge in [0.05, 0.1) is 0 Å². The van der Waals surface area contributed by atoms with Gasteiger partial charge < -0.3 is 0 Å². The van der Waals surface area contributed by atoms with Crippen molar-refractivity contribution in [2.24, 2.45) is 0 Å². The molecule has 0 spiro atoms. The Balaban J connectivity index is 2.15. The third kappa shape index (κ3) is 8.37. The minimum atomic E-state index is -2.52. The fraction of sp³-hybridized carbons (Fsp3) is 0.938. The molecule has 1 aliphatic heterocycles. The summed E-state index contributed by atoms with van der Waals surface area (Å²) < 4.78 is 27.0. The molecular weight excluding hydrogens is 351 g/mol. The van der Waals surface area contributed by atoms with Crippen LogP contribution in [0.1, 0.15) is 77.6 Å². The normalized spacial score (nSPS) is 24.5. The van der Waals surface area contributed by atoms with E-state index in [4.69, 9.17) is 7.64 Å². The fourth-order valence-electron chi connectivity index (χ4n) is 2.66. The van der Waals surface area contributed by atoms with Crippen molar-refractivity contribution < 1.29 is 21.0 Å². The molecule has 0 bridgehead atoms. The molecule has 0 aromatic carbocycles. The van der Waals surface area contributed by atoms with Crippen LogP contribution in [-0.4, -0.2) is 39.8 Å². The number of methoxy groups -OCH3 is 1. The molecule has 1 aliphatic rings. The molecule has 1 fully saturated rings. The SMILES string of the molecule is CCCCCCCC[C@@H]1O[Se](=O)O[C@H]1CCCCC(=O)OC. The number of carbonyl (C=O) groups is 1. The fourth-order valence-corrected chi connectivity index (χ4v) is 4.53. The number of carbonyl (C=O) groups excluding carboxylic acids is 1. The summed E-state index contributed by atoms with van der Waals surface area (Å²) in [6, 6.07) is 0. The Labute approximate surface area is 138 Å². The van der Waals surface area contributed by atoms with Crippen LogP contribution in [-0.2, 0) is 21.0 Å². The van der Waals surface area contributed by atoms with Crippen LogP contribution in [0.4, 0.5) is 0 Å². The summed E-state index contributed by atoms with van der Waals surface area (Å²) in [6.45, 7) is 2.22. The van der Waals surface area contributed by atoms with Crippen LogP contribution in [0.3, 0.4) is 0 Å². The molecular formula is C16H30O5Se. The number of rotatable bonds is 12. The summed E-state index contributed by atoms with van der Waals surface area (Å²) in [5.74, 6) is -0.178. The molecule has 6 heteroatoms. The van der Waals surface area contributed by atoms with Gasteiger partial charge in [0.25, 0.3) is 0 Å². The second-order valence-electron chi connectivity index (χ2n) is 5.85. The zero-order valence-electron chi connectivity index (χ0n) is 13.9. The van der Waals surface area contributed by atoms with Gasteiger partial charge in [-0.05, 0) is 0 Å². The molecule has 0 saturated carbocycles. The van der Waals surface area contributed by atoms with Gasteiger partial charge in [-0.2, -0.15) is 0 Å². The number of esters is 1. The molecule has 130 valence electrons. The van der Waals surface area contributed by atoms with E-state index in [0.717, 1.165) is 32.1 Å². The Kier molecular flexibility index (Phi) is 10.9. The Morgan fingerprint density at radius 1 is 0.955 bits per heavy atom. The first-order valence-electron chi connectivity index (χ1n) is 8.50. The second kappa shape index (κ2) is 12.2. The van der Waals surface area contributed by atoms with E-state index in [1.807, 2.05) is 0 Å². The van der Waals surface area contributed by atoms with E-state index in [0.29, 0.717) is 6.42 Å². The van der Waals surface area contributed by atoms with Crippen LogP contribution in [0.25, 0.3) is 0 Å². The molecule has 0 N–H and O–H groups in total. The van der Waals surface area contributed by atoms with E-state index in [1.54, 1.807) is 0 Å². The summed E-state index contributed by atoms with van der Waals surface area (Å²) in [5, 5.41) is 0. The minimum absolute atomic E-state index is 0.0215. The Bertz CT molecular complexity index is 334. The van der Waals surface area contributed by atoms with Gasteiger partial charge in [-0.1, -0.05) is 0 Å². The van der Waals surface area contributed by atoms with E-state index in [-0.39, 0.29) is 18.2 Å². The van der Waals surface area contributed by atoms with Crippen molar-refractivity contribution in [1.29, 1.82) is 0 Å². The first-order chi connectivity index (χ1) is 10.7. The van der Waals surface area contributed by atoms with Crippen LogP contribution in [0.5, 0.6) is 0 Å². The summed E-state index contributed by atoms with van der Waals surface area (Å²) in [6.07, 6.45) is 11.2. The summed E-state index contributed by atoms with van der Waals surface area (Å²) in [5.41, 5.74) is 0. The Morgan fingerprint density at radius 2 is 1.50 bits per heavy atom. The molecule has 1 rings (SSSR count). The van der Waals surface area contributed by atoms with Gasteiger partial charge in [-0.15, -0.1) is 0 Å². The third-order valence-corrected chi connectivity index (χ3v) is 5.71. The van der Waals surface area contributed by atoms with E-state index >= 15 is 0 Å². The molecule has 1 heterocycles. The topological polar surface area (TPSA) is 61.8 Å². The Hall–Kier alpha value is -0.291. The van der Waals surface area contributed by atoms with Crippen molar-refractivity contribution in [1.82, 2.24) is 0 Å². The van der Waals surface area contributed by atoms with Crippen LogP contribution < -0.4 is 0 Å². The quantitative estimate of drug-likeness (QED) is 0.293. The van der Waals surface area contributed by atoms with Crippen molar-refractivity contribution in [2.75, 3.05) is 7.11 Å². The standard InChI is InChI=1S/C16H30O5Se/c1-3-4-5-6-7-8-11-14-15(21-22(18)20-14)12-9-10-13-16(17)19-2/h14-15H,3-13H2,1-2H3/t14-,15-,22?/m0/s1. The second-order valence-corrected chi connectivity index (χ2v) is 7.52. The monoisotopic (exact) mass is 382 g/mol. The predicted octanol–water partition coefficient (Wildman–Crippen LogP) is 3.67. The number of hydrogen-bond acceptors (Lipinski definition) is 5. The van der Waals surface area contributed by atoms with Crippen LogP contribution in [0, 0.1) is 0 Å². The van der Waals surface area contributed by atoms with Gasteiger partial charge in [0.15, 0.2) is 0 Å². The Morgan fingerprint density at radius 3 is 2.09 bits per heavy atom. The summed E-state index contributed by atoms with van der Waals surface area (Å²) in [7, 11) is 1.40. The molecule has 1 saturated heterocycles. The molecule has 0 radical (unpaired) electrons. The average Bonchev–Trinajstić information content (AvgIpc) is 2.87. The van der Waals surface area contributed by atoms with Gasteiger partial charge in [-0.3, -0.25) is 0 Å². The van der Waals surface area contributed by atoms with Crippen LogP contribution >= 0.6 is 0 Å². The molecule has 5 nitrogen and oxygen atoms in total. The third-order valence-electron chi connectivity index (χ3n) is 4.01. The molecule has 22 heavy (non-hydrogen) atoms. The molecule has 0 aromatic heterocycles. The van der Waals surface area contributed by atoms with Gasteiger partial charge in [-0.25, -0.2) is 0 Å². The zero-order valence-corrected chi connectivity index (χ0v) is 15.6. The van der Waals surface area contributed by atoms with Gasteiger partial charge >= 0.3 is 138 Å². The van der Waals surface area contributed by atoms with E-state index in [9.17, 15) is 8.63 Å². The zero-order chi connectivity index (χ0) is 16.2. The van der Waals surface area contributed by atoms with Crippen molar-refractivity contribution in [3.63, 3.8) is 0 Å². The predicted molar refractivity (Wildman–Crippen MR) is 84.7 cm³/mol. The maximum atomic E-state index is 11.5. The van der Waals surface area contributed by atoms with Crippen molar-refractivity contribution in [2.45, 2.75) is 89.8 Å². The number of hydrogen-bond donors (Lipinski definition) is 0. The van der Waals surface area contributed by atoms with Crippen molar-refractivity contribution >= 4 is 20.5 Å². The number of unbranched alkanes of at least 4 members (excludes halogenated alkanes) is 6. The summed E-state index contributed by atoms with van der Waals surface area (Å²) in [4.78, 5) is 11.1. The maximum absolute atomic E-state index is 11.5. The molecule has 0 amide bonds. The van der Waals surface area contributed by atoms with Gasteiger partial charge in [0.2, 0.25) is 0 Å². The molecule has 3 atom stereocenters. The summed E-state index contributed by atoms with van der Waals surface area (Å²) >= 11 is -2.52. The molecule has 0 aromatic rings. The van der Waals surface area contributed by atoms with Gasteiger partial charge in [0, 0.05) is 0 Å². The van der Waals surface area contributed by atoms with Crippen LogP contribution in [0.2, 0.25) is 0 Å².